The Morgan fingerprint density at radius 1 is 1.50 bits per heavy atom. The van der Waals surface area contributed by atoms with Gasteiger partial charge in [-0.05, 0) is 31.5 Å². The van der Waals surface area contributed by atoms with Gasteiger partial charge in [0.2, 0.25) is 0 Å². The highest BCUT2D eigenvalue weighted by Crippen LogP contribution is 2.29. The second-order valence-electron chi connectivity index (χ2n) is 4.16. The summed E-state index contributed by atoms with van der Waals surface area (Å²) in [6, 6.07) is 9.35. The average Bonchev–Trinajstić information content (AvgIpc) is 2.39. The lowest BCUT2D eigenvalue weighted by Crippen LogP contribution is -2.25. The van der Waals surface area contributed by atoms with Crippen LogP contribution in [0.1, 0.15) is 25.8 Å². The zero-order valence-corrected chi connectivity index (χ0v) is 10.9. The van der Waals surface area contributed by atoms with E-state index in [1.807, 2.05) is 6.07 Å². The summed E-state index contributed by atoms with van der Waals surface area (Å²) < 4.78 is 10.0. The number of nitrogens with zero attached hydrogens (tertiary/aromatic N) is 1. The second-order valence-corrected chi connectivity index (χ2v) is 4.16. The van der Waals surface area contributed by atoms with Crippen LogP contribution in [0.2, 0.25) is 0 Å². The minimum Gasteiger partial charge on any atom is -0.497 e. The van der Waals surface area contributed by atoms with Gasteiger partial charge in [-0.25, -0.2) is 0 Å². The molecule has 0 radical (unpaired) electrons. The average molecular weight is 247 g/mol. The van der Waals surface area contributed by atoms with Crippen molar-refractivity contribution in [2.24, 2.45) is 0 Å². The molecule has 4 nitrogen and oxygen atoms in total. The highest BCUT2D eigenvalue weighted by Gasteiger charge is 2.30. The number of carbonyl (C=O) groups excluding carboxylic acids is 1. The van der Waals surface area contributed by atoms with Gasteiger partial charge in [0.15, 0.2) is 0 Å². The molecule has 1 unspecified atom stereocenters. The van der Waals surface area contributed by atoms with E-state index in [1.54, 1.807) is 39.2 Å². The predicted molar refractivity (Wildman–Crippen MR) is 67.2 cm³/mol. The highest BCUT2D eigenvalue weighted by atomic mass is 16.5. The molecular weight excluding hydrogens is 230 g/mol. The minimum atomic E-state index is -0.902. The molecule has 1 aromatic rings. The van der Waals surface area contributed by atoms with Gasteiger partial charge in [-0.1, -0.05) is 12.1 Å². The molecule has 0 aliphatic heterocycles. The number of methoxy groups -OCH3 is 1. The molecule has 1 rings (SSSR count). The molecule has 0 fully saturated rings. The SMILES string of the molecule is CCOC(=O)CC(C)(C#N)c1cccc(OC)c1. The van der Waals surface area contributed by atoms with Crippen molar-refractivity contribution < 1.29 is 14.3 Å². The Morgan fingerprint density at radius 3 is 2.78 bits per heavy atom. The molecule has 1 atom stereocenters. The first-order valence-electron chi connectivity index (χ1n) is 5.77. The van der Waals surface area contributed by atoms with Crippen LogP contribution in [-0.4, -0.2) is 19.7 Å². The van der Waals surface area contributed by atoms with Gasteiger partial charge < -0.3 is 9.47 Å². The molecule has 0 spiro atoms. The Morgan fingerprint density at radius 2 is 2.22 bits per heavy atom. The van der Waals surface area contributed by atoms with Crippen molar-refractivity contribution in [1.29, 1.82) is 5.26 Å². The molecular formula is C14H17NO3. The van der Waals surface area contributed by atoms with Crippen LogP contribution in [0.25, 0.3) is 0 Å². The lowest BCUT2D eigenvalue weighted by atomic mass is 9.81. The largest absolute Gasteiger partial charge is 0.497 e. The van der Waals surface area contributed by atoms with Gasteiger partial charge in [0.25, 0.3) is 0 Å². The van der Waals surface area contributed by atoms with Gasteiger partial charge in [-0.2, -0.15) is 5.26 Å². The topological polar surface area (TPSA) is 59.3 Å². The molecule has 0 aliphatic rings. The van der Waals surface area contributed by atoms with E-state index < -0.39 is 5.41 Å². The molecule has 0 bridgehead atoms. The van der Waals surface area contributed by atoms with Crippen LogP contribution >= 0.6 is 0 Å². The van der Waals surface area contributed by atoms with E-state index in [0.29, 0.717) is 12.4 Å². The quantitative estimate of drug-likeness (QED) is 0.750. The number of ether oxygens (including phenoxy) is 2. The highest BCUT2D eigenvalue weighted by molar-refractivity contribution is 5.72. The van der Waals surface area contributed by atoms with Gasteiger partial charge in [0, 0.05) is 0 Å². The fraction of sp³-hybridized carbons (Fsp3) is 0.429. The Kier molecular flexibility index (Phi) is 4.73. The summed E-state index contributed by atoms with van der Waals surface area (Å²) in [5.74, 6) is 0.294. The maximum absolute atomic E-state index is 11.5. The monoisotopic (exact) mass is 247 g/mol. The number of hydrogen-bond donors (Lipinski definition) is 0. The first kappa shape index (κ1) is 14.0. The molecule has 0 heterocycles. The summed E-state index contributed by atoms with van der Waals surface area (Å²) in [7, 11) is 1.56. The first-order chi connectivity index (χ1) is 8.55. The Balaban J connectivity index is 2.99. The molecule has 4 heteroatoms. The third-order valence-electron chi connectivity index (χ3n) is 2.76. The van der Waals surface area contributed by atoms with E-state index in [4.69, 9.17) is 9.47 Å². The maximum Gasteiger partial charge on any atom is 0.307 e. The minimum absolute atomic E-state index is 0.0322. The van der Waals surface area contributed by atoms with Gasteiger partial charge in [0.1, 0.15) is 5.75 Å². The van der Waals surface area contributed by atoms with Crippen LogP contribution in [0.4, 0.5) is 0 Å². The standard InChI is InChI=1S/C14H17NO3/c1-4-18-13(16)9-14(2,10-15)11-6-5-7-12(8-11)17-3/h5-8H,4,9H2,1-3H3. The van der Waals surface area contributed by atoms with Crippen LogP contribution in [0.5, 0.6) is 5.75 Å². The summed E-state index contributed by atoms with van der Waals surface area (Å²) in [4.78, 5) is 11.5. The third kappa shape index (κ3) is 3.24. The lowest BCUT2D eigenvalue weighted by molar-refractivity contribution is -0.144. The molecule has 1 aromatic carbocycles. The summed E-state index contributed by atoms with van der Waals surface area (Å²) in [5, 5.41) is 9.32. The molecule has 0 N–H and O–H groups in total. The van der Waals surface area contributed by atoms with Crippen molar-refractivity contribution in [3.8, 4) is 11.8 Å². The summed E-state index contributed by atoms with van der Waals surface area (Å²) in [6.45, 7) is 3.78. The number of hydrogen-bond acceptors (Lipinski definition) is 4. The Hall–Kier alpha value is -2.02. The first-order valence-corrected chi connectivity index (χ1v) is 5.77. The van der Waals surface area contributed by atoms with Crippen LogP contribution in [0.3, 0.4) is 0 Å². The molecule has 0 saturated carbocycles. The van der Waals surface area contributed by atoms with E-state index in [1.165, 1.54) is 0 Å². The lowest BCUT2D eigenvalue weighted by Gasteiger charge is -2.21. The summed E-state index contributed by atoms with van der Waals surface area (Å²) >= 11 is 0. The molecule has 0 saturated heterocycles. The third-order valence-corrected chi connectivity index (χ3v) is 2.76. The smallest absolute Gasteiger partial charge is 0.307 e. The van der Waals surface area contributed by atoms with E-state index in [-0.39, 0.29) is 12.4 Å². The number of nitriles is 1. The van der Waals surface area contributed by atoms with Crippen LogP contribution in [0, 0.1) is 11.3 Å². The van der Waals surface area contributed by atoms with Crippen molar-refractivity contribution in [3.63, 3.8) is 0 Å². The van der Waals surface area contributed by atoms with Gasteiger partial charge in [-0.15, -0.1) is 0 Å². The van der Waals surface area contributed by atoms with E-state index >= 15 is 0 Å². The number of esters is 1. The fourth-order valence-electron chi connectivity index (χ4n) is 1.67. The second kappa shape index (κ2) is 6.06. The van der Waals surface area contributed by atoms with Crippen molar-refractivity contribution in [3.05, 3.63) is 29.8 Å². The zero-order valence-electron chi connectivity index (χ0n) is 10.9. The van der Waals surface area contributed by atoms with Gasteiger partial charge in [0.05, 0.1) is 31.6 Å². The van der Waals surface area contributed by atoms with Gasteiger partial charge >= 0.3 is 5.97 Å². The normalized spacial score (nSPS) is 13.2. The Labute approximate surface area is 107 Å². The Bertz CT molecular complexity index is 464. The van der Waals surface area contributed by atoms with Crippen LogP contribution in [-0.2, 0) is 14.9 Å². The predicted octanol–water partition coefficient (Wildman–Crippen LogP) is 2.43. The van der Waals surface area contributed by atoms with Crippen molar-refractivity contribution in [2.75, 3.05) is 13.7 Å². The molecule has 0 aromatic heterocycles. The van der Waals surface area contributed by atoms with Gasteiger partial charge in [-0.3, -0.25) is 4.79 Å². The van der Waals surface area contributed by atoms with E-state index in [0.717, 1.165) is 5.56 Å². The molecule has 96 valence electrons. The zero-order chi connectivity index (χ0) is 13.6. The van der Waals surface area contributed by atoms with Crippen molar-refractivity contribution in [2.45, 2.75) is 25.7 Å². The van der Waals surface area contributed by atoms with Crippen LogP contribution < -0.4 is 4.74 Å². The van der Waals surface area contributed by atoms with Crippen molar-refractivity contribution in [1.82, 2.24) is 0 Å². The summed E-state index contributed by atoms with van der Waals surface area (Å²) in [6.07, 6.45) is 0.0322. The fourth-order valence-corrected chi connectivity index (χ4v) is 1.67. The number of carbonyl (C=O) groups is 1. The maximum atomic E-state index is 11.5. The van der Waals surface area contributed by atoms with E-state index in [2.05, 4.69) is 6.07 Å². The molecule has 0 amide bonds. The molecule has 0 aliphatic carbocycles. The van der Waals surface area contributed by atoms with Crippen molar-refractivity contribution >= 4 is 5.97 Å². The van der Waals surface area contributed by atoms with E-state index in [9.17, 15) is 10.1 Å². The number of rotatable bonds is 5. The summed E-state index contributed by atoms with van der Waals surface area (Å²) in [5.41, 5.74) is -0.154. The number of benzene rings is 1. The van der Waals surface area contributed by atoms with Crippen LogP contribution in [0.15, 0.2) is 24.3 Å². The molecule has 18 heavy (non-hydrogen) atoms.